The third-order valence-electron chi connectivity index (χ3n) is 1.93. The average Bonchev–Trinajstić information content (AvgIpc) is 2.26. The molecule has 0 unspecified atom stereocenters. The quantitative estimate of drug-likeness (QED) is 0.416. The molecule has 1 heterocycles. The van der Waals surface area contributed by atoms with Crippen molar-refractivity contribution in [2.24, 2.45) is 16.5 Å². The van der Waals surface area contributed by atoms with E-state index in [-0.39, 0.29) is 22.8 Å². The summed E-state index contributed by atoms with van der Waals surface area (Å²) >= 11 is 1.01. The molecule has 0 aromatic carbocycles. The highest BCUT2D eigenvalue weighted by atomic mass is 32.2. The van der Waals surface area contributed by atoms with E-state index in [4.69, 9.17) is 21.6 Å². The summed E-state index contributed by atoms with van der Waals surface area (Å²) < 4.78 is 5.13. The van der Waals surface area contributed by atoms with E-state index in [1.54, 1.807) is 4.90 Å². The molecule has 90 valence electrons. The molecule has 7 nitrogen and oxygen atoms in total. The van der Waals surface area contributed by atoms with Crippen molar-refractivity contribution >= 4 is 28.8 Å². The zero-order chi connectivity index (χ0) is 12.0. The molecule has 1 saturated heterocycles. The molecule has 0 aromatic rings. The van der Waals surface area contributed by atoms with Crippen molar-refractivity contribution in [1.82, 2.24) is 4.90 Å². The summed E-state index contributed by atoms with van der Waals surface area (Å²) in [6, 6.07) is 0. The fourth-order valence-electron chi connectivity index (χ4n) is 1.18. The van der Waals surface area contributed by atoms with Crippen LogP contribution in [-0.2, 0) is 9.53 Å². The van der Waals surface area contributed by atoms with Crippen LogP contribution in [0.2, 0.25) is 0 Å². The molecule has 0 aromatic heterocycles. The van der Waals surface area contributed by atoms with Crippen LogP contribution in [0.15, 0.2) is 4.99 Å². The Morgan fingerprint density at radius 3 is 2.62 bits per heavy atom. The first kappa shape index (κ1) is 12.8. The Bertz CT molecular complexity index is 297. The van der Waals surface area contributed by atoms with Crippen LogP contribution in [0, 0.1) is 5.41 Å². The van der Waals surface area contributed by atoms with Crippen LogP contribution in [0.25, 0.3) is 0 Å². The first-order chi connectivity index (χ1) is 7.59. The number of morpholine rings is 1. The van der Waals surface area contributed by atoms with Crippen molar-refractivity contribution in [3.8, 4) is 0 Å². The molecule has 1 rings (SSSR count). The lowest BCUT2D eigenvalue weighted by atomic mass is 10.4. The molecule has 0 radical (unpaired) electrons. The number of aliphatic imine (C=N–C) groups is 1. The van der Waals surface area contributed by atoms with Crippen molar-refractivity contribution in [2.45, 2.75) is 0 Å². The minimum absolute atomic E-state index is 0.0242. The molecule has 1 aliphatic heterocycles. The Morgan fingerprint density at radius 1 is 1.44 bits per heavy atom. The number of ether oxygens (including phenoxy) is 1. The maximum atomic E-state index is 11.6. The largest absolute Gasteiger partial charge is 0.378 e. The predicted octanol–water partition coefficient (Wildman–Crippen LogP) is -1.21. The van der Waals surface area contributed by atoms with E-state index in [0.29, 0.717) is 26.3 Å². The number of nitrogens with one attached hydrogen (secondary N) is 1. The number of guanidine groups is 1. The number of hydrogen-bond donors (Lipinski definition) is 3. The van der Waals surface area contributed by atoms with Crippen molar-refractivity contribution in [3.63, 3.8) is 0 Å². The van der Waals surface area contributed by atoms with Gasteiger partial charge in [0.1, 0.15) is 0 Å². The third-order valence-corrected chi connectivity index (χ3v) is 2.68. The van der Waals surface area contributed by atoms with Gasteiger partial charge in [0.15, 0.2) is 11.1 Å². The fraction of sp³-hybridized carbons (Fsp3) is 0.625. The lowest BCUT2D eigenvalue weighted by Crippen LogP contribution is -2.41. The van der Waals surface area contributed by atoms with Gasteiger partial charge in [0.2, 0.25) is 5.91 Å². The maximum absolute atomic E-state index is 11.6. The Morgan fingerprint density at radius 2 is 2.06 bits per heavy atom. The summed E-state index contributed by atoms with van der Waals surface area (Å²) in [4.78, 5) is 16.9. The van der Waals surface area contributed by atoms with Gasteiger partial charge in [-0.25, -0.2) is 0 Å². The van der Waals surface area contributed by atoms with Crippen LogP contribution >= 0.6 is 11.8 Å². The minimum atomic E-state index is -0.170. The van der Waals surface area contributed by atoms with Crippen LogP contribution in [0.5, 0.6) is 0 Å². The van der Waals surface area contributed by atoms with Crippen LogP contribution in [0.1, 0.15) is 0 Å². The molecular formula is C8H15N5O2S. The van der Waals surface area contributed by atoms with Gasteiger partial charge in [0.05, 0.1) is 19.0 Å². The summed E-state index contributed by atoms with van der Waals surface area (Å²) in [5.74, 6) is -0.0181. The van der Waals surface area contributed by atoms with Gasteiger partial charge in [0.25, 0.3) is 0 Å². The average molecular weight is 245 g/mol. The number of hydrogen-bond acceptors (Lipinski definition) is 4. The molecule has 0 aliphatic carbocycles. The Kier molecular flexibility index (Phi) is 5.06. The summed E-state index contributed by atoms with van der Waals surface area (Å²) in [7, 11) is 0. The molecule has 0 spiro atoms. The van der Waals surface area contributed by atoms with Crippen LogP contribution in [-0.4, -0.2) is 54.0 Å². The standard InChI is InChI=1S/C8H15N5O2S/c9-7(10)12-8(11)16-5-6(14)13-1-3-15-4-2-13/h1-5H2,(H5,9,10,11,12). The van der Waals surface area contributed by atoms with Crippen molar-refractivity contribution < 1.29 is 9.53 Å². The second kappa shape index (κ2) is 6.33. The number of nitrogens with zero attached hydrogens (tertiary/aromatic N) is 2. The molecule has 1 fully saturated rings. The number of nitrogens with two attached hydrogens (primary N) is 2. The van der Waals surface area contributed by atoms with Crippen molar-refractivity contribution in [2.75, 3.05) is 32.1 Å². The lowest BCUT2D eigenvalue weighted by molar-refractivity contribution is -0.132. The topological polar surface area (TPSA) is 118 Å². The van der Waals surface area contributed by atoms with E-state index in [1.165, 1.54) is 0 Å². The van der Waals surface area contributed by atoms with Gasteiger partial charge in [-0.05, 0) is 0 Å². The molecule has 8 heteroatoms. The first-order valence-corrected chi connectivity index (χ1v) is 5.74. The van der Waals surface area contributed by atoms with Crippen molar-refractivity contribution in [3.05, 3.63) is 0 Å². The van der Waals surface area contributed by atoms with E-state index in [0.717, 1.165) is 11.8 Å². The highest BCUT2D eigenvalue weighted by molar-refractivity contribution is 8.14. The molecule has 0 atom stereocenters. The van der Waals surface area contributed by atoms with E-state index in [9.17, 15) is 4.79 Å². The van der Waals surface area contributed by atoms with Crippen LogP contribution < -0.4 is 11.5 Å². The second-order valence-corrected chi connectivity index (χ2v) is 4.09. The van der Waals surface area contributed by atoms with Crippen LogP contribution in [0.3, 0.4) is 0 Å². The number of amidine groups is 1. The summed E-state index contributed by atoms with van der Waals surface area (Å²) in [5, 5.41) is 7.29. The maximum Gasteiger partial charge on any atom is 0.233 e. The Balaban J connectivity index is 2.29. The van der Waals surface area contributed by atoms with Gasteiger partial charge in [0, 0.05) is 13.1 Å². The zero-order valence-corrected chi connectivity index (χ0v) is 9.63. The molecule has 0 saturated carbocycles. The van der Waals surface area contributed by atoms with Gasteiger partial charge in [-0.2, -0.15) is 4.99 Å². The smallest absolute Gasteiger partial charge is 0.233 e. The van der Waals surface area contributed by atoms with E-state index in [1.807, 2.05) is 0 Å². The highest BCUT2D eigenvalue weighted by Crippen LogP contribution is 2.07. The zero-order valence-electron chi connectivity index (χ0n) is 8.81. The van der Waals surface area contributed by atoms with E-state index < -0.39 is 0 Å². The molecule has 1 aliphatic rings. The predicted molar refractivity (Wildman–Crippen MR) is 63.4 cm³/mol. The molecule has 16 heavy (non-hydrogen) atoms. The Labute approximate surface area is 97.7 Å². The van der Waals surface area contributed by atoms with Crippen LogP contribution in [0.4, 0.5) is 0 Å². The van der Waals surface area contributed by atoms with E-state index in [2.05, 4.69) is 4.99 Å². The number of amides is 1. The summed E-state index contributed by atoms with van der Waals surface area (Å²) in [6.45, 7) is 2.35. The Hall–Kier alpha value is -1.28. The number of rotatable bonds is 2. The SMILES string of the molecule is N=C(N=C(N)N)SCC(=O)N1CCOCC1. The number of thioether (sulfide) groups is 1. The number of carbonyl (C=O) groups excluding carboxylic acids is 1. The van der Waals surface area contributed by atoms with Gasteiger partial charge in [-0.15, -0.1) is 0 Å². The van der Waals surface area contributed by atoms with Gasteiger partial charge >= 0.3 is 0 Å². The summed E-state index contributed by atoms with van der Waals surface area (Å²) in [5.41, 5.74) is 10.2. The molecular weight excluding hydrogens is 230 g/mol. The first-order valence-electron chi connectivity index (χ1n) is 4.76. The van der Waals surface area contributed by atoms with Gasteiger partial charge < -0.3 is 21.1 Å². The third kappa shape index (κ3) is 4.49. The van der Waals surface area contributed by atoms with Gasteiger partial charge in [-0.3, -0.25) is 10.2 Å². The monoisotopic (exact) mass is 245 g/mol. The van der Waals surface area contributed by atoms with Crippen molar-refractivity contribution in [1.29, 1.82) is 5.41 Å². The highest BCUT2D eigenvalue weighted by Gasteiger charge is 2.16. The van der Waals surface area contributed by atoms with Gasteiger partial charge in [-0.1, -0.05) is 11.8 Å². The number of carbonyl (C=O) groups is 1. The lowest BCUT2D eigenvalue weighted by Gasteiger charge is -2.26. The second-order valence-electron chi connectivity index (χ2n) is 3.12. The fourth-order valence-corrected chi connectivity index (χ4v) is 1.80. The molecule has 0 bridgehead atoms. The van der Waals surface area contributed by atoms with E-state index >= 15 is 0 Å². The molecule has 5 N–H and O–H groups in total. The normalized spacial score (nSPS) is 15.6. The summed E-state index contributed by atoms with van der Waals surface area (Å²) in [6.07, 6.45) is 0. The molecule has 1 amide bonds. The minimum Gasteiger partial charge on any atom is -0.378 e.